The number of hydrogen-bond acceptors (Lipinski definition) is 5. The van der Waals surface area contributed by atoms with Crippen molar-refractivity contribution in [1.29, 1.82) is 0 Å². The lowest BCUT2D eigenvalue weighted by molar-refractivity contribution is -0.380. The highest BCUT2D eigenvalue weighted by molar-refractivity contribution is 7.13. The molecule has 2 fully saturated rings. The normalized spacial score (nSPS) is 21.4. The summed E-state index contributed by atoms with van der Waals surface area (Å²) in [7, 11) is 0. The summed E-state index contributed by atoms with van der Waals surface area (Å²) in [5.74, 6) is -0.0530. The first-order valence-electron chi connectivity index (χ1n) is 7.38. The topological polar surface area (TPSA) is 75.5 Å². The molecular weight excluding hydrogens is 290 g/mol. The van der Waals surface area contributed by atoms with Gasteiger partial charge in [0.2, 0.25) is 0 Å². The number of nitrogens with one attached hydrogen (secondary N) is 1. The first kappa shape index (κ1) is 14.5. The fraction of sp³-hybridized carbons (Fsp3) is 0.643. The number of rotatable bonds is 2. The SMILES string of the molecule is O=C(c1csc([N+](=O)[O-])c1)N1CCNCC12CCCCC2. The number of carbonyl (C=O) groups excluding carboxylic acids is 1. The van der Waals surface area contributed by atoms with Gasteiger partial charge in [-0.05, 0) is 12.8 Å². The molecular formula is C14H19N3O3S. The fourth-order valence-corrected chi connectivity index (χ4v) is 4.20. The van der Waals surface area contributed by atoms with Gasteiger partial charge in [0.15, 0.2) is 0 Å². The maximum atomic E-state index is 12.8. The molecule has 1 N–H and O–H groups in total. The highest BCUT2D eigenvalue weighted by atomic mass is 32.1. The van der Waals surface area contributed by atoms with Gasteiger partial charge >= 0.3 is 5.00 Å². The molecule has 2 aliphatic rings. The number of hydrogen-bond donors (Lipinski definition) is 1. The standard InChI is InChI=1S/C14H19N3O3S/c18-13(11-8-12(17(19)20)21-9-11)16-7-6-15-10-14(16)4-2-1-3-5-14/h8-9,15H,1-7,10H2. The minimum Gasteiger partial charge on any atom is -0.330 e. The van der Waals surface area contributed by atoms with Gasteiger partial charge in [0.1, 0.15) is 0 Å². The van der Waals surface area contributed by atoms with Crippen LogP contribution in [0.3, 0.4) is 0 Å². The molecule has 21 heavy (non-hydrogen) atoms. The van der Waals surface area contributed by atoms with E-state index in [0.717, 1.165) is 50.1 Å². The molecule has 0 atom stereocenters. The van der Waals surface area contributed by atoms with Crippen LogP contribution in [0.4, 0.5) is 5.00 Å². The predicted octanol–water partition coefficient (Wildman–Crippen LogP) is 2.40. The summed E-state index contributed by atoms with van der Waals surface area (Å²) in [6, 6.07) is 1.41. The van der Waals surface area contributed by atoms with Crippen LogP contribution in [-0.2, 0) is 0 Å². The third-order valence-corrected chi connectivity index (χ3v) is 5.46. The second kappa shape index (κ2) is 5.73. The number of nitro groups is 1. The number of piperazine rings is 1. The first-order chi connectivity index (χ1) is 10.1. The molecule has 1 aliphatic heterocycles. The second-order valence-electron chi connectivity index (χ2n) is 5.85. The van der Waals surface area contributed by atoms with E-state index in [0.29, 0.717) is 12.1 Å². The van der Waals surface area contributed by atoms with E-state index in [4.69, 9.17) is 0 Å². The van der Waals surface area contributed by atoms with Crippen LogP contribution in [0.25, 0.3) is 0 Å². The molecule has 0 aromatic carbocycles. The zero-order chi connectivity index (χ0) is 14.9. The number of carbonyl (C=O) groups is 1. The van der Waals surface area contributed by atoms with Crippen molar-refractivity contribution in [2.45, 2.75) is 37.6 Å². The molecule has 0 radical (unpaired) electrons. The van der Waals surface area contributed by atoms with Gasteiger partial charge in [0.05, 0.1) is 16.0 Å². The maximum Gasteiger partial charge on any atom is 0.324 e. The predicted molar refractivity (Wildman–Crippen MR) is 80.7 cm³/mol. The van der Waals surface area contributed by atoms with E-state index < -0.39 is 4.92 Å². The van der Waals surface area contributed by atoms with Crippen LogP contribution < -0.4 is 5.32 Å². The van der Waals surface area contributed by atoms with E-state index >= 15 is 0 Å². The van der Waals surface area contributed by atoms with Crippen molar-refractivity contribution in [3.8, 4) is 0 Å². The number of nitrogens with zero attached hydrogens (tertiary/aromatic N) is 2. The summed E-state index contributed by atoms with van der Waals surface area (Å²) >= 11 is 1.02. The van der Waals surface area contributed by atoms with Gasteiger partial charge in [0.25, 0.3) is 5.91 Å². The molecule has 114 valence electrons. The molecule has 7 heteroatoms. The van der Waals surface area contributed by atoms with Gasteiger partial charge in [0, 0.05) is 31.1 Å². The Balaban J connectivity index is 1.85. The molecule has 0 unspecified atom stereocenters. The first-order valence-corrected chi connectivity index (χ1v) is 8.26. The van der Waals surface area contributed by atoms with E-state index in [1.54, 1.807) is 5.38 Å². The Morgan fingerprint density at radius 1 is 1.38 bits per heavy atom. The van der Waals surface area contributed by atoms with Crippen molar-refractivity contribution in [3.05, 3.63) is 27.1 Å². The van der Waals surface area contributed by atoms with Crippen molar-refractivity contribution in [1.82, 2.24) is 10.2 Å². The minimum absolute atomic E-state index is 0.0335. The average molecular weight is 309 g/mol. The Bertz CT molecular complexity index is 543. The van der Waals surface area contributed by atoms with E-state index in [1.165, 1.54) is 12.5 Å². The third kappa shape index (κ3) is 2.67. The molecule has 1 amide bonds. The molecule has 1 saturated carbocycles. The van der Waals surface area contributed by atoms with E-state index in [9.17, 15) is 14.9 Å². The van der Waals surface area contributed by atoms with E-state index in [2.05, 4.69) is 5.32 Å². The lowest BCUT2D eigenvalue weighted by atomic mass is 9.79. The van der Waals surface area contributed by atoms with Gasteiger partial charge < -0.3 is 10.2 Å². The van der Waals surface area contributed by atoms with Crippen LogP contribution in [0.15, 0.2) is 11.4 Å². The molecule has 6 nitrogen and oxygen atoms in total. The second-order valence-corrected chi connectivity index (χ2v) is 6.74. The average Bonchev–Trinajstić information content (AvgIpc) is 2.98. The smallest absolute Gasteiger partial charge is 0.324 e. The summed E-state index contributed by atoms with van der Waals surface area (Å²) in [5.41, 5.74) is 0.364. The van der Waals surface area contributed by atoms with Gasteiger partial charge in [-0.15, -0.1) is 0 Å². The van der Waals surface area contributed by atoms with Gasteiger partial charge in [-0.25, -0.2) is 0 Å². The van der Waals surface area contributed by atoms with Crippen LogP contribution in [0.1, 0.15) is 42.5 Å². The van der Waals surface area contributed by atoms with E-state index in [1.807, 2.05) is 4.90 Å². The zero-order valence-electron chi connectivity index (χ0n) is 11.8. The Morgan fingerprint density at radius 2 is 2.14 bits per heavy atom. The van der Waals surface area contributed by atoms with E-state index in [-0.39, 0.29) is 16.4 Å². The summed E-state index contributed by atoms with van der Waals surface area (Å²) in [4.78, 5) is 25.1. The molecule has 0 bridgehead atoms. The van der Waals surface area contributed by atoms with Crippen LogP contribution in [0.2, 0.25) is 0 Å². The monoisotopic (exact) mass is 309 g/mol. The summed E-state index contributed by atoms with van der Waals surface area (Å²) in [5, 5.41) is 15.8. The van der Waals surface area contributed by atoms with Crippen LogP contribution in [0, 0.1) is 10.1 Å². The molecule has 1 aromatic heterocycles. The van der Waals surface area contributed by atoms with Crippen LogP contribution in [0.5, 0.6) is 0 Å². The molecule has 3 rings (SSSR count). The maximum absolute atomic E-state index is 12.8. The largest absolute Gasteiger partial charge is 0.330 e. The molecule has 1 aliphatic carbocycles. The molecule has 1 aromatic rings. The van der Waals surface area contributed by atoms with Crippen molar-refractivity contribution in [2.24, 2.45) is 0 Å². The minimum atomic E-state index is -0.435. The summed E-state index contributed by atoms with van der Waals surface area (Å²) < 4.78 is 0. The molecule has 1 saturated heterocycles. The van der Waals surface area contributed by atoms with Gasteiger partial charge in [-0.3, -0.25) is 14.9 Å². The quantitative estimate of drug-likeness (QED) is 0.672. The fourth-order valence-electron chi connectivity index (χ4n) is 3.51. The highest BCUT2D eigenvalue weighted by Gasteiger charge is 2.42. The Kier molecular flexibility index (Phi) is 3.95. The van der Waals surface area contributed by atoms with Crippen molar-refractivity contribution < 1.29 is 9.72 Å². The highest BCUT2D eigenvalue weighted by Crippen LogP contribution is 2.36. The zero-order valence-corrected chi connectivity index (χ0v) is 12.7. The summed E-state index contributed by atoms with van der Waals surface area (Å²) in [6.07, 6.45) is 5.58. The third-order valence-electron chi connectivity index (χ3n) is 4.58. The lowest BCUT2D eigenvalue weighted by Crippen LogP contribution is -2.63. The number of amides is 1. The molecule has 2 heterocycles. The summed E-state index contributed by atoms with van der Waals surface area (Å²) in [6.45, 7) is 2.31. The van der Waals surface area contributed by atoms with Crippen molar-refractivity contribution >= 4 is 22.2 Å². The van der Waals surface area contributed by atoms with Crippen molar-refractivity contribution in [3.63, 3.8) is 0 Å². The van der Waals surface area contributed by atoms with Crippen molar-refractivity contribution in [2.75, 3.05) is 19.6 Å². The Labute approximate surface area is 127 Å². The molecule has 1 spiro atoms. The lowest BCUT2D eigenvalue weighted by Gasteiger charge is -2.49. The van der Waals surface area contributed by atoms with Crippen LogP contribution in [-0.4, -0.2) is 40.9 Å². The Morgan fingerprint density at radius 3 is 2.81 bits per heavy atom. The van der Waals surface area contributed by atoms with Crippen LogP contribution >= 0.6 is 11.3 Å². The Hall–Kier alpha value is -1.47. The van der Waals surface area contributed by atoms with Gasteiger partial charge in [-0.2, -0.15) is 0 Å². The van der Waals surface area contributed by atoms with Gasteiger partial charge in [-0.1, -0.05) is 30.6 Å². The number of thiophene rings is 1.